The van der Waals surface area contributed by atoms with Crippen LogP contribution in [0, 0.1) is 0 Å². The number of likely N-dealkylation sites (tertiary alicyclic amines) is 1. The predicted molar refractivity (Wildman–Crippen MR) is 85.7 cm³/mol. The molecule has 0 aliphatic carbocycles. The molecule has 4 aliphatic rings. The van der Waals surface area contributed by atoms with Crippen molar-refractivity contribution in [3.05, 3.63) is 23.5 Å². The Hall–Kier alpha value is -1.00. The van der Waals surface area contributed by atoms with Crippen molar-refractivity contribution in [1.29, 1.82) is 0 Å². The van der Waals surface area contributed by atoms with Gasteiger partial charge in [-0.15, -0.1) is 0 Å². The highest BCUT2D eigenvalue weighted by molar-refractivity contribution is 5.33. The average molecular weight is 288 g/mol. The van der Waals surface area contributed by atoms with Gasteiger partial charge in [-0.05, 0) is 51.3 Å². The fraction of sp³-hybridized carbons (Fsp3) is 0.765. The maximum Gasteiger partial charge on any atom is 0.108 e. The van der Waals surface area contributed by atoms with E-state index < -0.39 is 0 Å². The normalized spacial score (nSPS) is 31.8. The summed E-state index contributed by atoms with van der Waals surface area (Å²) in [6.45, 7) is 9.31. The van der Waals surface area contributed by atoms with E-state index in [2.05, 4.69) is 33.8 Å². The van der Waals surface area contributed by atoms with Crippen LogP contribution in [-0.2, 0) is 0 Å². The number of nitrogens with two attached hydrogens (primary N) is 1. The molecular weight excluding hydrogens is 260 g/mol. The van der Waals surface area contributed by atoms with Gasteiger partial charge < -0.3 is 20.4 Å². The molecule has 0 aromatic carbocycles. The first-order chi connectivity index (χ1) is 10.1. The van der Waals surface area contributed by atoms with E-state index >= 15 is 0 Å². The smallest absolute Gasteiger partial charge is 0.108 e. The summed E-state index contributed by atoms with van der Waals surface area (Å²) >= 11 is 0. The van der Waals surface area contributed by atoms with Crippen molar-refractivity contribution in [3.8, 4) is 0 Å². The number of hydrogen-bond acceptors (Lipinski definition) is 4. The molecule has 4 heterocycles. The maximum atomic E-state index is 6.26. The molecule has 4 rings (SSSR count). The van der Waals surface area contributed by atoms with Gasteiger partial charge in [-0.1, -0.05) is 12.2 Å². The van der Waals surface area contributed by atoms with Crippen molar-refractivity contribution in [2.45, 2.75) is 44.2 Å². The first kappa shape index (κ1) is 13.6. The van der Waals surface area contributed by atoms with Gasteiger partial charge in [0.25, 0.3) is 0 Å². The summed E-state index contributed by atoms with van der Waals surface area (Å²) in [4.78, 5) is 7.92. The van der Waals surface area contributed by atoms with Crippen molar-refractivity contribution in [2.75, 3.05) is 39.3 Å². The molecule has 2 N–H and O–H groups in total. The molecule has 2 saturated heterocycles. The topological polar surface area (TPSA) is 35.7 Å². The van der Waals surface area contributed by atoms with Crippen LogP contribution in [0.4, 0.5) is 0 Å². The third kappa shape index (κ3) is 2.49. The summed E-state index contributed by atoms with van der Waals surface area (Å²) in [6, 6.07) is 0.667. The Balaban J connectivity index is 1.45. The molecule has 0 spiro atoms. The molecule has 2 fully saturated rings. The van der Waals surface area contributed by atoms with Crippen molar-refractivity contribution in [2.24, 2.45) is 5.73 Å². The monoisotopic (exact) mass is 288 g/mol. The Kier molecular flexibility index (Phi) is 3.27. The SMILES string of the molecule is CC1(N)CCN(C[C@@H]2CN3CCCC4=C3N2CC=C4)CC1. The molecule has 0 unspecified atom stereocenters. The van der Waals surface area contributed by atoms with Gasteiger partial charge >= 0.3 is 0 Å². The third-order valence-electron chi connectivity index (χ3n) is 5.69. The molecule has 0 aromatic heterocycles. The second-order valence-electron chi connectivity index (χ2n) is 7.56. The van der Waals surface area contributed by atoms with E-state index in [1.807, 2.05) is 0 Å². The number of hydrogen-bond donors (Lipinski definition) is 1. The van der Waals surface area contributed by atoms with Crippen molar-refractivity contribution >= 4 is 0 Å². The second kappa shape index (κ2) is 5.03. The number of piperidine rings is 1. The van der Waals surface area contributed by atoms with Crippen molar-refractivity contribution in [1.82, 2.24) is 14.7 Å². The predicted octanol–water partition coefficient (Wildman–Crippen LogP) is 1.36. The van der Waals surface area contributed by atoms with Gasteiger partial charge in [0.15, 0.2) is 0 Å². The first-order valence-electron chi connectivity index (χ1n) is 8.55. The lowest BCUT2D eigenvalue weighted by Crippen LogP contribution is -2.51. The van der Waals surface area contributed by atoms with Crippen LogP contribution in [-0.4, -0.2) is 65.5 Å². The van der Waals surface area contributed by atoms with Crippen LogP contribution in [0.25, 0.3) is 0 Å². The zero-order valence-electron chi connectivity index (χ0n) is 13.2. The molecule has 0 bridgehead atoms. The molecule has 0 radical (unpaired) electrons. The highest BCUT2D eigenvalue weighted by Crippen LogP contribution is 2.35. The van der Waals surface area contributed by atoms with E-state index in [0.29, 0.717) is 6.04 Å². The summed E-state index contributed by atoms with van der Waals surface area (Å²) in [7, 11) is 0. The summed E-state index contributed by atoms with van der Waals surface area (Å²) in [5.74, 6) is 1.55. The third-order valence-corrected chi connectivity index (χ3v) is 5.69. The van der Waals surface area contributed by atoms with Gasteiger partial charge in [0.05, 0.1) is 6.04 Å². The van der Waals surface area contributed by atoms with Crippen LogP contribution in [0.2, 0.25) is 0 Å². The minimum atomic E-state index is 0.0627. The summed E-state index contributed by atoms with van der Waals surface area (Å²) < 4.78 is 0. The molecule has 0 saturated carbocycles. The molecule has 4 aliphatic heterocycles. The molecule has 21 heavy (non-hydrogen) atoms. The van der Waals surface area contributed by atoms with E-state index in [9.17, 15) is 0 Å². The van der Waals surface area contributed by atoms with Gasteiger partial charge in [0.2, 0.25) is 0 Å². The van der Waals surface area contributed by atoms with Crippen molar-refractivity contribution < 1.29 is 0 Å². The minimum absolute atomic E-state index is 0.0627. The van der Waals surface area contributed by atoms with E-state index in [-0.39, 0.29) is 5.54 Å². The molecule has 0 amide bonds. The number of allylic oxidation sites excluding steroid dienone is 2. The molecular formula is C17H28N4. The van der Waals surface area contributed by atoms with Crippen LogP contribution in [0.15, 0.2) is 23.5 Å². The Morgan fingerprint density at radius 2 is 2.10 bits per heavy atom. The van der Waals surface area contributed by atoms with Gasteiger partial charge in [0.1, 0.15) is 5.82 Å². The van der Waals surface area contributed by atoms with Gasteiger partial charge in [-0.3, -0.25) is 0 Å². The van der Waals surface area contributed by atoms with Crippen LogP contribution in [0.1, 0.15) is 32.6 Å². The largest absolute Gasteiger partial charge is 0.356 e. The summed E-state index contributed by atoms with van der Waals surface area (Å²) in [5, 5.41) is 0. The molecule has 4 heteroatoms. The summed E-state index contributed by atoms with van der Waals surface area (Å²) in [6.07, 6.45) is 9.57. The van der Waals surface area contributed by atoms with E-state index in [4.69, 9.17) is 5.73 Å². The quantitative estimate of drug-likeness (QED) is 0.832. The Bertz CT molecular complexity index is 469. The Morgan fingerprint density at radius 3 is 2.90 bits per heavy atom. The zero-order valence-corrected chi connectivity index (χ0v) is 13.2. The molecule has 4 nitrogen and oxygen atoms in total. The van der Waals surface area contributed by atoms with E-state index in [1.54, 1.807) is 11.4 Å². The van der Waals surface area contributed by atoms with Crippen LogP contribution in [0.5, 0.6) is 0 Å². The lowest BCUT2D eigenvalue weighted by molar-refractivity contribution is 0.139. The van der Waals surface area contributed by atoms with Crippen LogP contribution >= 0.6 is 0 Å². The fourth-order valence-corrected chi connectivity index (χ4v) is 4.35. The fourth-order valence-electron chi connectivity index (χ4n) is 4.35. The standard InChI is InChI=1S/C17H28N4/c1-17(18)6-10-19(11-7-17)12-15-13-20-8-2-4-14-5-3-9-21(15)16(14)20/h3,5,15H,2,4,6-13,18H2,1H3/t15-/m1/s1. The summed E-state index contributed by atoms with van der Waals surface area (Å²) in [5.41, 5.74) is 7.90. The van der Waals surface area contributed by atoms with Gasteiger partial charge in [-0.2, -0.15) is 0 Å². The lowest BCUT2D eigenvalue weighted by atomic mass is 9.91. The average Bonchev–Trinajstić information content (AvgIpc) is 2.82. The zero-order chi connectivity index (χ0) is 14.4. The van der Waals surface area contributed by atoms with Crippen LogP contribution < -0.4 is 5.73 Å². The minimum Gasteiger partial charge on any atom is -0.356 e. The number of rotatable bonds is 2. The van der Waals surface area contributed by atoms with Gasteiger partial charge in [0, 0.05) is 31.7 Å². The maximum absolute atomic E-state index is 6.26. The molecule has 0 aromatic rings. The van der Waals surface area contributed by atoms with E-state index in [0.717, 1.165) is 19.4 Å². The van der Waals surface area contributed by atoms with E-state index in [1.165, 1.54) is 45.6 Å². The van der Waals surface area contributed by atoms with Gasteiger partial charge in [-0.25, -0.2) is 0 Å². The first-order valence-corrected chi connectivity index (χ1v) is 8.55. The second-order valence-corrected chi connectivity index (χ2v) is 7.56. The number of nitrogens with zero attached hydrogens (tertiary/aromatic N) is 3. The Morgan fingerprint density at radius 1 is 1.29 bits per heavy atom. The highest BCUT2D eigenvalue weighted by Gasteiger charge is 2.39. The lowest BCUT2D eigenvalue weighted by Gasteiger charge is -2.39. The molecule has 116 valence electrons. The van der Waals surface area contributed by atoms with Crippen molar-refractivity contribution in [3.63, 3.8) is 0 Å². The highest BCUT2D eigenvalue weighted by atomic mass is 15.4. The Labute approximate surface area is 128 Å². The molecule has 1 atom stereocenters. The van der Waals surface area contributed by atoms with Crippen LogP contribution in [0.3, 0.4) is 0 Å².